The van der Waals surface area contributed by atoms with Gasteiger partial charge in [-0.3, -0.25) is 0 Å². The van der Waals surface area contributed by atoms with Crippen molar-refractivity contribution in [2.75, 3.05) is 13.7 Å². The highest BCUT2D eigenvalue weighted by atomic mass is 19.1. The molecular weight excluding hydrogens is 169 g/mol. The first kappa shape index (κ1) is 8.51. The molecule has 0 fully saturated rings. The molecule has 0 saturated heterocycles. The molecule has 1 aromatic carbocycles. The number of benzene rings is 1. The molecule has 0 atom stereocenters. The summed E-state index contributed by atoms with van der Waals surface area (Å²) in [5.41, 5.74) is 2.16. The molecule has 1 N–H and O–H groups in total. The Hall–Kier alpha value is -1.09. The zero-order chi connectivity index (χ0) is 9.26. The summed E-state index contributed by atoms with van der Waals surface area (Å²) in [5.74, 6) is 0.120. The predicted octanol–water partition coefficient (Wildman–Crippen LogP) is 1.48. The van der Waals surface area contributed by atoms with E-state index in [9.17, 15) is 4.39 Å². The number of rotatable bonds is 1. The molecule has 0 bridgehead atoms. The summed E-state index contributed by atoms with van der Waals surface area (Å²) in [6.07, 6.45) is 0.950. The van der Waals surface area contributed by atoms with E-state index < -0.39 is 0 Å². The second kappa shape index (κ2) is 3.34. The van der Waals surface area contributed by atoms with E-state index in [1.807, 2.05) is 6.07 Å². The summed E-state index contributed by atoms with van der Waals surface area (Å²) in [6.45, 7) is 1.66. The average molecular weight is 181 g/mol. The minimum Gasteiger partial charge on any atom is -0.493 e. The van der Waals surface area contributed by atoms with Gasteiger partial charge >= 0.3 is 0 Å². The maximum atomic E-state index is 13.2. The Bertz CT molecular complexity index is 325. The van der Waals surface area contributed by atoms with E-state index >= 15 is 0 Å². The smallest absolute Gasteiger partial charge is 0.165 e. The highest BCUT2D eigenvalue weighted by molar-refractivity contribution is 5.42. The van der Waals surface area contributed by atoms with E-state index in [1.165, 1.54) is 18.7 Å². The van der Waals surface area contributed by atoms with Crippen LogP contribution in [0.3, 0.4) is 0 Å². The van der Waals surface area contributed by atoms with Gasteiger partial charge in [-0.15, -0.1) is 0 Å². The van der Waals surface area contributed by atoms with E-state index in [1.54, 1.807) is 0 Å². The lowest BCUT2D eigenvalue weighted by Crippen LogP contribution is -2.24. The molecule has 0 spiro atoms. The number of hydrogen-bond acceptors (Lipinski definition) is 2. The van der Waals surface area contributed by atoms with Crippen LogP contribution in [-0.4, -0.2) is 13.7 Å². The van der Waals surface area contributed by atoms with Gasteiger partial charge in [0.2, 0.25) is 0 Å². The summed E-state index contributed by atoms with van der Waals surface area (Å²) in [5, 5.41) is 3.20. The lowest BCUT2D eigenvalue weighted by atomic mass is 10.00. The molecule has 0 unspecified atom stereocenters. The van der Waals surface area contributed by atoms with Gasteiger partial charge in [0.15, 0.2) is 11.6 Å². The van der Waals surface area contributed by atoms with E-state index in [-0.39, 0.29) is 5.82 Å². The van der Waals surface area contributed by atoms with Crippen LogP contribution in [0.2, 0.25) is 0 Å². The van der Waals surface area contributed by atoms with Gasteiger partial charge in [-0.05, 0) is 24.6 Å². The summed E-state index contributed by atoms with van der Waals surface area (Å²) in [7, 11) is 1.51. The molecule has 3 heteroatoms. The zero-order valence-corrected chi connectivity index (χ0v) is 7.56. The third kappa shape index (κ3) is 1.40. The first-order valence-electron chi connectivity index (χ1n) is 4.38. The van der Waals surface area contributed by atoms with Gasteiger partial charge < -0.3 is 10.1 Å². The Balaban J connectivity index is 2.52. The predicted molar refractivity (Wildman–Crippen MR) is 48.4 cm³/mol. The maximum Gasteiger partial charge on any atom is 0.165 e. The number of ether oxygens (including phenoxy) is 1. The molecule has 13 heavy (non-hydrogen) atoms. The lowest BCUT2D eigenvalue weighted by Gasteiger charge is -2.19. The van der Waals surface area contributed by atoms with Crippen LogP contribution in [0.1, 0.15) is 11.1 Å². The van der Waals surface area contributed by atoms with Crippen LogP contribution >= 0.6 is 0 Å². The molecule has 0 radical (unpaired) electrons. The van der Waals surface area contributed by atoms with Crippen LogP contribution in [0.25, 0.3) is 0 Å². The molecule has 2 rings (SSSR count). The topological polar surface area (TPSA) is 21.3 Å². The van der Waals surface area contributed by atoms with Crippen molar-refractivity contribution in [2.24, 2.45) is 0 Å². The van der Waals surface area contributed by atoms with Crippen LogP contribution in [0, 0.1) is 5.82 Å². The second-order valence-electron chi connectivity index (χ2n) is 3.15. The van der Waals surface area contributed by atoms with Crippen molar-refractivity contribution < 1.29 is 9.13 Å². The van der Waals surface area contributed by atoms with Crippen molar-refractivity contribution in [1.29, 1.82) is 0 Å². The van der Waals surface area contributed by atoms with Crippen molar-refractivity contribution in [3.8, 4) is 5.75 Å². The Morgan fingerprint density at radius 3 is 3.08 bits per heavy atom. The fourth-order valence-electron chi connectivity index (χ4n) is 1.73. The Morgan fingerprint density at radius 2 is 2.31 bits per heavy atom. The minimum absolute atomic E-state index is 0.273. The van der Waals surface area contributed by atoms with Gasteiger partial charge in [0.05, 0.1) is 7.11 Å². The van der Waals surface area contributed by atoms with Gasteiger partial charge in [-0.2, -0.15) is 0 Å². The van der Waals surface area contributed by atoms with E-state index in [0.717, 1.165) is 18.5 Å². The fraction of sp³-hybridized carbons (Fsp3) is 0.400. The molecule has 1 heterocycles. The fourth-order valence-corrected chi connectivity index (χ4v) is 1.73. The lowest BCUT2D eigenvalue weighted by molar-refractivity contribution is 0.377. The molecule has 2 nitrogen and oxygen atoms in total. The molecule has 70 valence electrons. The van der Waals surface area contributed by atoms with Gasteiger partial charge in [-0.25, -0.2) is 4.39 Å². The van der Waals surface area contributed by atoms with Gasteiger partial charge in [0, 0.05) is 12.1 Å². The second-order valence-corrected chi connectivity index (χ2v) is 3.15. The number of methoxy groups -OCH3 is 1. The summed E-state index contributed by atoms with van der Waals surface area (Å²) >= 11 is 0. The van der Waals surface area contributed by atoms with Crippen LogP contribution in [-0.2, 0) is 13.0 Å². The molecule has 1 aliphatic rings. The van der Waals surface area contributed by atoms with E-state index in [2.05, 4.69) is 5.32 Å². The molecule has 0 aliphatic carbocycles. The Kier molecular flexibility index (Phi) is 2.19. The van der Waals surface area contributed by atoms with Crippen molar-refractivity contribution in [1.82, 2.24) is 5.32 Å². The highest BCUT2D eigenvalue weighted by Gasteiger charge is 2.16. The molecule has 0 saturated carbocycles. The van der Waals surface area contributed by atoms with Crippen LogP contribution in [0.5, 0.6) is 5.75 Å². The summed E-state index contributed by atoms with van der Waals surface area (Å²) in [6, 6.07) is 3.32. The minimum atomic E-state index is -0.273. The van der Waals surface area contributed by atoms with Crippen molar-refractivity contribution in [3.05, 3.63) is 29.1 Å². The van der Waals surface area contributed by atoms with E-state index in [0.29, 0.717) is 12.3 Å². The number of fused-ring (bicyclic) bond motifs is 1. The van der Waals surface area contributed by atoms with Crippen LogP contribution in [0.15, 0.2) is 12.1 Å². The van der Waals surface area contributed by atoms with Gasteiger partial charge in [-0.1, -0.05) is 6.07 Å². The summed E-state index contributed by atoms with van der Waals surface area (Å²) in [4.78, 5) is 0. The molecule has 0 amide bonds. The highest BCUT2D eigenvalue weighted by Crippen LogP contribution is 2.27. The first-order valence-corrected chi connectivity index (χ1v) is 4.38. The molecular formula is C10H12FNO. The SMILES string of the molecule is COc1c(F)ccc2c1CNCC2. The number of halogens is 1. The zero-order valence-electron chi connectivity index (χ0n) is 7.56. The quantitative estimate of drug-likeness (QED) is 0.708. The van der Waals surface area contributed by atoms with Crippen molar-refractivity contribution >= 4 is 0 Å². The van der Waals surface area contributed by atoms with Gasteiger partial charge in [0.25, 0.3) is 0 Å². The number of hydrogen-bond donors (Lipinski definition) is 1. The third-order valence-corrected chi connectivity index (χ3v) is 2.39. The van der Waals surface area contributed by atoms with E-state index in [4.69, 9.17) is 4.74 Å². The third-order valence-electron chi connectivity index (χ3n) is 2.39. The molecule has 1 aromatic rings. The van der Waals surface area contributed by atoms with Crippen LogP contribution < -0.4 is 10.1 Å². The van der Waals surface area contributed by atoms with Crippen molar-refractivity contribution in [2.45, 2.75) is 13.0 Å². The largest absolute Gasteiger partial charge is 0.493 e. The monoisotopic (exact) mass is 181 g/mol. The average Bonchev–Trinajstić information content (AvgIpc) is 2.18. The Labute approximate surface area is 76.7 Å². The Morgan fingerprint density at radius 1 is 1.46 bits per heavy atom. The number of nitrogens with one attached hydrogen (secondary N) is 1. The molecule has 0 aromatic heterocycles. The standard InChI is InChI=1S/C10H12FNO/c1-13-10-8-6-12-5-4-7(8)2-3-9(10)11/h2-3,12H,4-6H2,1H3. The maximum absolute atomic E-state index is 13.2. The van der Waals surface area contributed by atoms with Crippen LogP contribution in [0.4, 0.5) is 4.39 Å². The summed E-state index contributed by atoms with van der Waals surface area (Å²) < 4.78 is 18.3. The van der Waals surface area contributed by atoms with Gasteiger partial charge in [0.1, 0.15) is 0 Å². The van der Waals surface area contributed by atoms with Crippen molar-refractivity contribution in [3.63, 3.8) is 0 Å². The molecule has 1 aliphatic heterocycles. The first-order chi connectivity index (χ1) is 6.33. The normalized spacial score (nSPS) is 15.2.